The number of thioether (sulfide) groups is 1. The molecule has 88 valence electrons. The van der Waals surface area contributed by atoms with Gasteiger partial charge >= 0.3 is 6.01 Å². The summed E-state index contributed by atoms with van der Waals surface area (Å²) in [6.45, 7) is 0. The van der Waals surface area contributed by atoms with Crippen LogP contribution in [0.3, 0.4) is 0 Å². The van der Waals surface area contributed by atoms with Crippen LogP contribution in [0, 0.1) is 0 Å². The van der Waals surface area contributed by atoms with Crippen molar-refractivity contribution in [1.82, 2.24) is 15.0 Å². The van der Waals surface area contributed by atoms with Gasteiger partial charge in [0, 0.05) is 18.8 Å². The normalized spacial score (nSPS) is 19.5. The van der Waals surface area contributed by atoms with Crippen LogP contribution in [0.5, 0.6) is 6.01 Å². The Morgan fingerprint density at radius 3 is 2.75 bits per heavy atom. The summed E-state index contributed by atoms with van der Waals surface area (Å²) < 4.78 is 5.01. The summed E-state index contributed by atoms with van der Waals surface area (Å²) in [7, 11) is 3.31. The van der Waals surface area contributed by atoms with Crippen molar-refractivity contribution in [3.63, 3.8) is 0 Å². The van der Waals surface area contributed by atoms with Crippen molar-refractivity contribution in [3.8, 4) is 6.01 Å². The third-order valence-corrected chi connectivity index (χ3v) is 3.45. The highest BCUT2D eigenvalue weighted by Crippen LogP contribution is 2.20. The van der Waals surface area contributed by atoms with Crippen molar-refractivity contribution in [3.05, 3.63) is 0 Å². The summed E-state index contributed by atoms with van der Waals surface area (Å²) in [5.74, 6) is 3.38. The molecule has 1 saturated heterocycles. The molecule has 0 bridgehead atoms. The first-order valence-electron chi connectivity index (χ1n) is 5.14. The highest BCUT2D eigenvalue weighted by atomic mass is 32.2. The number of hydrogen-bond donors (Lipinski definition) is 2. The third-order valence-electron chi connectivity index (χ3n) is 2.28. The second kappa shape index (κ2) is 5.20. The lowest BCUT2D eigenvalue weighted by Crippen LogP contribution is -2.20. The standard InChI is InChI=1S/C9H15N5OS/c1-10-7-12-8(14-9(13-7)15-2)11-6-3-4-16-5-6/h6H,3-5H2,1-2H3,(H2,10,11,12,13,14). The zero-order valence-corrected chi connectivity index (χ0v) is 10.2. The first-order chi connectivity index (χ1) is 7.81. The van der Waals surface area contributed by atoms with E-state index in [0.717, 1.165) is 12.2 Å². The Hall–Kier alpha value is -1.24. The van der Waals surface area contributed by atoms with Crippen LogP contribution in [-0.2, 0) is 0 Å². The fourth-order valence-electron chi connectivity index (χ4n) is 1.46. The van der Waals surface area contributed by atoms with Crippen molar-refractivity contribution in [1.29, 1.82) is 0 Å². The zero-order valence-electron chi connectivity index (χ0n) is 9.36. The van der Waals surface area contributed by atoms with Crippen molar-refractivity contribution in [2.45, 2.75) is 12.5 Å². The molecule has 1 aromatic rings. The molecule has 2 rings (SSSR count). The largest absolute Gasteiger partial charge is 0.467 e. The van der Waals surface area contributed by atoms with Crippen LogP contribution in [0.2, 0.25) is 0 Å². The Balaban J connectivity index is 2.12. The van der Waals surface area contributed by atoms with E-state index in [0.29, 0.717) is 23.9 Å². The molecular weight excluding hydrogens is 226 g/mol. The average molecular weight is 241 g/mol. The van der Waals surface area contributed by atoms with E-state index in [1.807, 2.05) is 11.8 Å². The Kier molecular flexibility index (Phi) is 3.66. The minimum Gasteiger partial charge on any atom is -0.467 e. The molecule has 6 nitrogen and oxygen atoms in total. The molecular formula is C9H15N5OS. The predicted molar refractivity (Wildman–Crippen MR) is 65.3 cm³/mol. The summed E-state index contributed by atoms with van der Waals surface area (Å²) in [5.41, 5.74) is 0. The highest BCUT2D eigenvalue weighted by molar-refractivity contribution is 7.99. The van der Waals surface area contributed by atoms with E-state index in [4.69, 9.17) is 4.74 Å². The minimum absolute atomic E-state index is 0.326. The number of hydrogen-bond acceptors (Lipinski definition) is 7. The lowest BCUT2D eigenvalue weighted by atomic mass is 10.3. The second-order valence-electron chi connectivity index (χ2n) is 3.42. The number of rotatable bonds is 4. The summed E-state index contributed by atoms with van der Waals surface area (Å²) in [5, 5.41) is 6.17. The van der Waals surface area contributed by atoms with Gasteiger partial charge in [-0.25, -0.2) is 0 Å². The number of ether oxygens (including phenoxy) is 1. The summed E-state index contributed by atoms with van der Waals surface area (Å²) in [6, 6.07) is 0.773. The van der Waals surface area contributed by atoms with Gasteiger partial charge in [-0.2, -0.15) is 26.7 Å². The molecule has 7 heteroatoms. The third kappa shape index (κ3) is 2.66. The summed E-state index contributed by atoms with van der Waals surface area (Å²) >= 11 is 1.94. The summed E-state index contributed by atoms with van der Waals surface area (Å²) in [6.07, 6.45) is 1.15. The molecule has 1 aliphatic heterocycles. The quantitative estimate of drug-likeness (QED) is 0.809. The molecule has 2 heterocycles. The molecule has 1 unspecified atom stereocenters. The SMILES string of the molecule is CNc1nc(NC2CCSC2)nc(OC)n1. The van der Waals surface area contributed by atoms with E-state index in [9.17, 15) is 0 Å². The van der Waals surface area contributed by atoms with Gasteiger partial charge in [-0.1, -0.05) is 0 Å². The van der Waals surface area contributed by atoms with E-state index in [-0.39, 0.29) is 0 Å². The number of nitrogens with zero attached hydrogens (tertiary/aromatic N) is 3. The molecule has 0 saturated carbocycles. The summed E-state index contributed by atoms with van der Waals surface area (Å²) in [4.78, 5) is 12.4. The number of nitrogens with one attached hydrogen (secondary N) is 2. The monoisotopic (exact) mass is 241 g/mol. The molecule has 2 N–H and O–H groups in total. The number of aromatic nitrogens is 3. The van der Waals surface area contributed by atoms with Gasteiger partial charge in [0.2, 0.25) is 11.9 Å². The molecule has 0 spiro atoms. The first kappa shape index (κ1) is 11.3. The maximum absolute atomic E-state index is 5.01. The fraction of sp³-hybridized carbons (Fsp3) is 0.667. The Bertz CT molecular complexity index is 334. The molecule has 1 aliphatic rings. The van der Waals surface area contributed by atoms with E-state index in [1.54, 1.807) is 14.2 Å². The Morgan fingerprint density at radius 2 is 2.12 bits per heavy atom. The van der Waals surface area contributed by atoms with Gasteiger partial charge in [0.15, 0.2) is 0 Å². The predicted octanol–water partition coefficient (Wildman–Crippen LogP) is 0.839. The van der Waals surface area contributed by atoms with Crippen LogP contribution in [0.15, 0.2) is 0 Å². The van der Waals surface area contributed by atoms with Crippen LogP contribution in [0.25, 0.3) is 0 Å². The zero-order chi connectivity index (χ0) is 11.4. The fourth-order valence-corrected chi connectivity index (χ4v) is 2.61. The maximum atomic E-state index is 5.01. The van der Waals surface area contributed by atoms with Crippen molar-refractivity contribution < 1.29 is 4.74 Å². The Labute approximate surface area is 98.6 Å². The van der Waals surface area contributed by atoms with Crippen LogP contribution < -0.4 is 15.4 Å². The lowest BCUT2D eigenvalue weighted by molar-refractivity contribution is 0.379. The Morgan fingerprint density at radius 1 is 1.31 bits per heavy atom. The van der Waals surface area contributed by atoms with Gasteiger partial charge in [0.05, 0.1) is 7.11 Å². The van der Waals surface area contributed by atoms with Gasteiger partial charge in [0.25, 0.3) is 0 Å². The van der Waals surface area contributed by atoms with Gasteiger partial charge in [-0.05, 0) is 12.2 Å². The number of methoxy groups -OCH3 is 1. The number of anilines is 2. The van der Waals surface area contributed by atoms with Crippen LogP contribution in [0.1, 0.15) is 6.42 Å². The van der Waals surface area contributed by atoms with Crippen LogP contribution >= 0.6 is 11.8 Å². The molecule has 0 amide bonds. The molecule has 16 heavy (non-hydrogen) atoms. The highest BCUT2D eigenvalue weighted by Gasteiger charge is 2.17. The lowest BCUT2D eigenvalue weighted by Gasteiger charge is -2.12. The maximum Gasteiger partial charge on any atom is 0.322 e. The van der Waals surface area contributed by atoms with Gasteiger partial charge < -0.3 is 15.4 Å². The van der Waals surface area contributed by atoms with Crippen molar-refractivity contribution in [2.75, 3.05) is 36.3 Å². The van der Waals surface area contributed by atoms with Gasteiger partial charge in [0.1, 0.15) is 0 Å². The van der Waals surface area contributed by atoms with Crippen LogP contribution in [0.4, 0.5) is 11.9 Å². The first-order valence-corrected chi connectivity index (χ1v) is 6.29. The topological polar surface area (TPSA) is 72.0 Å². The van der Waals surface area contributed by atoms with Crippen molar-refractivity contribution in [2.24, 2.45) is 0 Å². The van der Waals surface area contributed by atoms with Gasteiger partial charge in [-0.15, -0.1) is 0 Å². The van der Waals surface area contributed by atoms with Crippen LogP contribution in [-0.4, -0.2) is 46.7 Å². The molecule has 1 aromatic heterocycles. The molecule has 0 aliphatic carbocycles. The smallest absolute Gasteiger partial charge is 0.322 e. The second-order valence-corrected chi connectivity index (χ2v) is 4.57. The molecule has 0 radical (unpaired) electrons. The minimum atomic E-state index is 0.326. The van der Waals surface area contributed by atoms with Gasteiger partial charge in [-0.3, -0.25) is 0 Å². The molecule has 0 aromatic carbocycles. The molecule has 1 atom stereocenters. The van der Waals surface area contributed by atoms with Crippen molar-refractivity contribution >= 4 is 23.7 Å². The van der Waals surface area contributed by atoms with E-state index in [2.05, 4.69) is 25.6 Å². The van der Waals surface area contributed by atoms with E-state index >= 15 is 0 Å². The average Bonchev–Trinajstić information content (AvgIpc) is 2.81. The van der Waals surface area contributed by atoms with E-state index in [1.165, 1.54) is 5.75 Å². The van der Waals surface area contributed by atoms with E-state index < -0.39 is 0 Å². The molecule has 1 fully saturated rings.